The van der Waals surface area contributed by atoms with Crippen molar-refractivity contribution in [1.82, 2.24) is 9.88 Å². The highest BCUT2D eigenvalue weighted by Gasteiger charge is 2.46. The van der Waals surface area contributed by atoms with Gasteiger partial charge in [0.25, 0.3) is 5.72 Å². The second-order valence-corrected chi connectivity index (χ2v) is 6.04. The number of carboxylic acids is 1. The van der Waals surface area contributed by atoms with E-state index in [-0.39, 0.29) is 0 Å². The number of pyridine rings is 1. The third-order valence-corrected chi connectivity index (χ3v) is 4.66. The minimum Gasteiger partial charge on any atom is -0.477 e. The van der Waals surface area contributed by atoms with Gasteiger partial charge in [0, 0.05) is 50.7 Å². The summed E-state index contributed by atoms with van der Waals surface area (Å²) in [7, 11) is 0. The fourth-order valence-corrected chi connectivity index (χ4v) is 3.25. The summed E-state index contributed by atoms with van der Waals surface area (Å²) in [6, 6.07) is 13.1. The van der Waals surface area contributed by atoms with E-state index < -0.39 is 11.7 Å². The van der Waals surface area contributed by atoms with E-state index in [1.165, 1.54) is 0 Å². The molecule has 2 aromatic rings. The molecule has 1 fully saturated rings. The van der Waals surface area contributed by atoms with Crippen LogP contribution in [0.2, 0.25) is 0 Å². The molecule has 1 atom stereocenters. The zero-order valence-corrected chi connectivity index (χ0v) is 14.3. The van der Waals surface area contributed by atoms with Gasteiger partial charge in [0.1, 0.15) is 5.75 Å². The molecule has 0 radical (unpaired) electrons. The molecule has 3 rings (SSSR count). The molecule has 0 amide bonds. The lowest BCUT2D eigenvalue weighted by molar-refractivity contribution is -0.177. The molecule has 0 spiro atoms. The third kappa shape index (κ3) is 3.58. The van der Waals surface area contributed by atoms with Crippen molar-refractivity contribution in [1.29, 1.82) is 0 Å². The second kappa shape index (κ2) is 7.53. The van der Waals surface area contributed by atoms with E-state index in [0.717, 1.165) is 18.8 Å². The van der Waals surface area contributed by atoms with Crippen molar-refractivity contribution < 1.29 is 14.6 Å². The predicted molar refractivity (Wildman–Crippen MR) is 95.8 cm³/mol. The van der Waals surface area contributed by atoms with Crippen molar-refractivity contribution >= 4 is 11.7 Å². The average molecular weight is 341 g/mol. The maximum atomic E-state index is 12.1. The maximum absolute atomic E-state index is 12.1. The van der Waals surface area contributed by atoms with Gasteiger partial charge in [-0.25, -0.2) is 4.79 Å². The van der Waals surface area contributed by atoms with Crippen LogP contribution in [-0.2, 0) is 4.79 Å². The van der Waals surface area contributed by atoms with Crippen molar-refractivity contribution in [3.05, 3.63) is 54.9 Å². The molecule has 1 aliphatic heterocycles. The Morgan fingerprint density at radius 1 is 1.12 bits per heavy atom. The van der Waals surface area contributed by atoms with Crippen LogP contribution >= 0.6 is 0 Å². The summed E-state index contributed by atoms with van der Waals surface area (Å²) in [5.41, 5.74) is -0.234. The van der Waals surface area contributed by atoms with Crippen LogP contribution in [0.25, 0.3) is 0 Å². The Bertz CT molecular complexity index is 688. The number of para-hydroxylation sites is 1. The number of ether oxygens (including phenoxy) is 1. The van der Waals surface area contributed by atoms with Gasteiger partial charge < -0.3 is 14.7 Å². The van der Waals surface area contributed by atoms with Gasteiger partial charge >= 0.3 is 5.97 Å². The Morgan fingerprint density at radius 2 is 1.76 bits per heavy atom. The molecule has 1 N–H and O–H groups in total. The Morgan fingerprint density at radius 3 is 2.32 bits per heavy atom. The van der Waals surface area contributed by atoms with Crippen molar-refractivity contribution in [2.45, 2.75) is 19.1 Å². The molecule has 1 saturated heterocycles. The molecule has 132 valence electrons. The summed E-state index contributed by atoms with van der Waals surface area (Å²) >= 11 is 0. The molecular weight excluding hydrogens is 318 g/mol. The third-order valence-electron chi connectivity index (χ3n) is 4.66. The molecular formula is C19H23N3O3. The minimum absolute atomic E-state index is 0.368. The number of rotatable bonds is 6. The van der Waals surface area contributed by atoms with Crippen LogP contribution in [0.3, 0.4) is 0 Å². The first-order valence-corrected chi connectivity index (χ1v) is 8.53. The summed E-state index contributed by atoms with van der Waals surface area (Å²) in [5.74, 6) is -0.375. The van der Waals surface area contributed by atoms with Gasteiger partial charge in [-0.1, -0.05) is 25.1 Å². The largest absolute Gasteiger partial charge is 0.477 e. The molecule has 2 heterocycles. The van der Waals surface area contributed by atoms with Gasteiger partial charge in [0.05, 0.1) is 0 Å². The first-order valence-electron chi connectivity index (χ1n) is 8.53. The fraction of sp³-hybridized carbons (Fsp3) is 0.368. The lowest BCUT2D eigenvalue weighted by atomic mass is 10.1. The molecule has 0 aliphatic carbocycles. The Labute approximate surface area is 147 Å². The van der Waals surface area contributed by atoms with Crippen LogP contribution in [0.15, 0.2) is 54.9 Å². The standard InChI is InChI=1S/C19H23N3O3/c1-2-19(18(23)24,25-17-6-4-3-5-7-17)22-14-12-21(13-15-22)16-8-10-20-11-9-16/h3-11H,2,12-15H2,1H3,(H,23,24). The van der Waals surface area contributed by atoms with Gasteiger partial charge in [-0.05, 0) is 24.3 Å². The van der Waals surface area contributed by atoms with Crippen molar-refractivity contribution in [3.63, 3.8) is 0 Å². The van der Waals surface area contributed by atoms with E-state index in [4.69, 9.17) is 4.74 Å². The Hall–Kier alpha value is -2.60. The Kier molecular flexibility index (Phi) is 5.19. The summed E-state index contributed by atoms with van der Waals surface area (Å²) in [6.07, 6.45) is 3.91. The molecule has 1 aliphatic rings. The van der Waals surface area contributed by atoms with Gasteiger partial charge in [0.2, 0.25) is 0 Å². The Balaban J connectivity index is 1.76. The lowest BCUT2D eigenvalue weighted by Gasteiger charge is -2.44. The fourth-order valence-electron chi connectivity index (χ4n) is 3.25. The highest BCUT2D eigenvalue weighted by Crippen LogP contribution is 2.28. The first-order chi connectivity index (χ1) is 12.2. The van der Waals surface area contributed by atoms with Crippen molar-refractivity contribution in [2.75, 3.05) is 31.1 Å². The summed E-state index contributed by atoms with van der Waals surface area (Å²) in [6.45, 7) is 4.59. The first kappa shape index (κ1) is 17.2. The highest BCUT2D eigenvalue weighted by molar-refractivity contribution is 5.77. The summed E-state index contributed by atoms with van der Waals surface area (Å²) in [4.78, 5) is 20.3. The van der Waals surface area contributed by atoms with E-state index in [1.54, 1.807) is 24.5 Å². The maximum Gasteiger partial charge on any atom is 0.364 e. The van der Waals surface area contributed by atoms with Crippen LogP contribution in [-0.4, -0.2) is 52.9 Å². The molecule has 6 heteroatoms. The van der Waals surface area contributed by atoms with E-state index in [0.29, 0.717) is 25.3 Å². The number of hydrogen-bond donors (Lipinski definition) is 1. The van der Waals surface area contributed by atoms with Crippen LogP contribution in [0.4, 0.5) is 5.69 Å². The molecule has 6 nitrogen and oxygen atoms in total. The van der Waals surface area contributed by atoms with E-state index in [9.17, 15) is 9.90 Å². The topological polar surface area (TPSA) is 65.9 Å². The van der Waals surface area contributed by atoms with Crippen LogP contribution in [0.5, 0.6) is 5.75 Å². The van der Waals surface area contributed by atoms with E-state index in [1.807, 2.05) is 42.2 Å². The molecule has 1 aromatic heterocycles. The number of anilines is 1. The lowest BCUT2D eigenvalue weighted by Crippen LogP contribution is -2.63. The SMILES string of the molecule is CCC(Oc1ccccc1)(C(=O)O)N1CCN(c2ccncc2)CC1. The number of carboxylic acid groups (broad SMARTS) is 1. The molecule has 1 unspecified atom stereocenters. The zero-order chi connectivity index (χ0) is 17.7. The minimum atomic E-state index is -1.34. The van der Waals surface area contributed by atoms with E-state index >= 15 is 0 Å². The second-order valence-electron chi connectivity index (χ2n) is 6.04. The molecule has 0 bridgehead atoms. The number of hydrogen-bond acceptors (Lipinski definition) is 5. The number of nitrogens with zero attached hydrogens (tertiary/aromatic N) is 3. The number of benzene rings is 1. The highest BCUT2D eigenvalue weighted by atomic mass is 16.5. The van der Waals surface area contributed by atoms with Gasteiger partial charge in [-0.15, -0.1) is 0 Å². The van der Waals surface area contributed by atoms with Crippen LogP contribution < -0.4 is 9.64 Å². The molecule has 0 saturated carbocycles. The van der Waals surface area contributed by atoms with Gasteiger partial charge in [0.15, 0.2) is 0 Å². The van der Waals surface area contributed by atoms with Gasteiger partial charge in [-0.2, -0.15) is 0 Å². The van der Waals surface area contributed by atoms with Crippen LogP contribution in [0.1, 0.15) is 13.3 Å². The summed E-state index contributed by atoms with van der Waals surface area (Å²) in [5, 5.41) is 9.93. The smallest absolute Gasteiger partial charge is 0.364 e. The zero-order valence-electron chi connectivity index (χ0n) is 14.3. The normalized spacial score (nSPS) is 17.7. The number of aromatic nitrogens is 1. The average Bonchev–Trinajstić information content (AvgIpc) is 2.67. The quantitative estimate of drug-likeness (QED) is 0.871. The molecule has 25 heavy (non-hydrogen) atoms. The predicted octanol–water partition coefficient (Wildman–Crippen LogP) is 2.47. The number of carbonyl (C=O) groups is 1. The number of piperazine rings is 1. The van der Waals surface area contributed by atoms with Gasteiger partial charge in [-0.3, -0.25) is 9.88 Å². The molecule has 1 aromatic carbocycles. The summed E-state index contributed by atoms with van der Waals surface area (Å²) < 4.78 is 5.99. The number of aliphatic carboxylic acids is 1. The van der Waals surface area contributed by atoms with Crippen molar-refractivity contribution in [3.8, 4) is 5.75 Å². The monoisotopic (exact) mass is 341 g/mol. The van der Waals surface area contributed by atoms with Crippen molar-refractivity contribution in [2.24, 2.45) is 0 Å². The van der Waals surface area contributed by atoms with E-state index in [2.05, 4.69) is 9.88 Å². The van der Waals surface area contributed by atoms with Crippen LogP contribution in [0, 0.1) is 0 Å².